The molecule has 0 unspecified atom stereocenters. The molecule has 0 heterocycles. The van der Waals surface area contributed by atoms with Crippen LogP contribution in [0.5, 0.6) is 0 Å². The first-order chi connectivity index (χ1) is 12.4. The highest BCUT2D eigenvalue weighted by molar-refractivity contribution is 5.13. The number of benzene rings is 1. The number of hydrogen-bond donors (Lipinski definition) is 4. The number of ether oxygens (including phenoxy) is 1. The van der Waals surface area contributed by atoms with E-state index >= 15 is 0 Å². The van der Waals surface area contributed by atoms with E-state index in [0.717, 1.165) is 32.5 Å². The van der Waals surface area contributed by atoms with Gasteiger partial charge in [-0.2, -0.15) is 0 Å². The molecule has 26 heavy (non-hydrogen) atoms. The molecule has 0 saturated heterocycles. The SMILES string of the molecule is CNCC1(C)CC(OCc2ccccc2)C1.CNCC1(N)CC(CO)C1. The second kappa shape index (κ2) is 9.81. The second-order valence-corrected chi connectivity index (χ2v) is 8.52. The third kappa shape index (κ3) is 6.32. The number of aliphatic hydroxyl groups excluding tert-OH is 1. The van der Waals surface area contributed by atoms with Crippen molar-refractivity contribution in [1.82, 2.24) is 10.6 Å². The standard InChI is InChI=1S/C14H21NO.C7H16N2O/c1-14(11-15-2)8-13(9-14)16-10-12-6-4-3-5-7-12;1-9-5-7(8)2-6(3-7)4-10/h3-7,13,15H,8-11H2,1-2H3;6,9-10H,2-5,8H2,1H3. The Hall–Kier alpha value is -0.980. The fourth-order valence-corrected chi connectivity index (χ4v) is 4.23. The Morgan fingerprint density at radius 1 is 1.08 bits per heavy atom. The first-order valence-electron chi connectivity index (χ1n) is 9.76. The summed E-state index contributed by atoms with van der Waals surface area (Å²) in [6.45, 7) is 5.33. The lowest BCUT2D eigenvalue weighted by Crippen LogP contribution is -2.58. The van der Waals surface area contributed by atoms with Crippen molar-refractivity contribution in [1.29, 1.82) is 0 Å². The third-order valence-corrected chi connectivity index (χ3v) is 5.55. The predicted octanol–water partition coefficient (Wildman–Crippen LogP) is 1.90. The van der Waals surface area contributed by atoms with Crippen LogP contribution < -0.4 is 16.4 Å². The zero-order valence-corrected chi connectivity index (χ0v) is 16.6. The van der Waals surface area contributed by atoms with E-state index in [1.807, 2.05) is 20.2 Å². The Labute approximate surface area is 158 Å². The van der Waals surface area contributed by atoms with Crippen LogP contribution in [0.15, 0.2) is 30.3 Å². The molecule has 0 spiro atoms. The molecule has 0 amide bonds. The zero-order valence-electron chi connectivity index (χ0n) is 16.6. The molecule has 5 heteroatoms. The average molecular weight is 364 g/mol. The Kier molecular flexibility index (Phi) is 8.05. The molecule has 0 atom stereocenters. The van der Waals surface area contributed by atoms with E-state index in [2.05, 4.69) is 41.8 Å². The van der Waals surface area contributed by atoms with Crippen molar-refractivity contribution in [2.45, 2.75) is 50.9 Å². The van der Waals surface area contributed by atoms with E-state index in [1.165, 1.54) is 18.4 Å². The predicted molar refractivity (Wildman–Crippen MR) is 107 cm³/mol. The van der Waals surface area contributed by atoms with Crippen LogP contribution >= 0.6 is 0 Å². The van der Waals surface area contributed by atoms with Gasteiger partial charge in [0.15, 0.2) is 0 Å². The lowest BCUT2D eigenvalue weighted by atomic mass is 9.68. The highest BCUT2D eigenvalue weighted by Gasteiger charge is 2.40. The van der Waals surface area contributed by atoms with Crippen LogP contribution in [0.25, 0.3) is 0 Å². The largest absolute Gasteiger partial charge is 0.396 e. The first-order valence-corrected chi connectivity index (χ1v) is 9.76. The van der Waals surface area contributed by atoms with Crippen molar-refractivity contribution in [3.05, 3.63) is 35.9 Å². The molecule has 0 aliphatic heterocycles. The summed E-state index contributed by atoms with van der Waals surface area (Å²) in [5.41, 5.74) is 7.60. The molecule has 1 aromatic carbocycles. The molecule has 2 saturated carbocycles. The Morgan fingerprint density at radius 2 is 1.69 bits per heavy atom. The Morgan fingerprint density at radius 3 is 2.23 bits per heavy atom. The molecule has 2 fully saturated rings. The summed E-state index contributed by atoms with van der Waals surface area (Å²) < 4.78 is 5.88. The van der Waals surface area contributed by atoms with Crippen molar-refractivity contribution in [3.63, 3.8) is 0 Å². The van der Waals surface area contributed by atoms with E-state index in [4.69, 9.17) is 15.6 Å². The summed E-state index contributed by atoms with van der Waals surface area (Å²) in [5.74, 6) is 0.457. The maximum atomic E-state index is 8.71. The van der Waals surface area contributed by atoms with Crippen molar-refractivity contribution in [2.24, 2.45) is 17.1 Å². The molecular weight excluding hydrogens is 326 g/mol. The van der Waals surface area contributed by atoms with Crippen molar-refractivity contribution in [3.8, 4) is 0 Å². The van der Waals surface area contributed by atoms with Crippen molar-refractivity contribution < 1.29 is 9.84 Å². The van der Waals surface area contributed by atoms with Crippen LogP contribution in [0.1, 0.15) is 38.2 Å². The molecular formula is C21H37N3O2. The lowest BCUT2D eigenvalue weighted by Gasteiger charge is -2.45. The highest BCUT2D eigenvalue weighted by Crippen LogP contribution is 2.42. The molecule has 3 rings (SSSR count). The van der Waals surface area contributed by atoms with E-state index in [1.54, 1.807) is 0 Å². The average Bonchev–Trinajstić information content (AvgIpc) is 2.57. The van der Waals surface area contributed by atoms with E-state index in [0.29, 0.717) is 24.0 Å². The summed E-state index contributed by atoms with van der Waals surface area (Å²) in [5, 5.41) is 15.0. The monoisotopic (exact) mass is 363 g/mol. The molecule has 148 valence electrons. The van der Waals surface area contributed by atoms with E-state index < -0.39 is 0 Å². The van der Waals surface area contributed by atoms with Gasteiger partial charge in [-0.05, 0) is 56.7 Å². The molecule has 5 N–H and O–H groups in total. The minimum atomic E-state index is -0.0256. The fourth-order valence-electron chi connectivity index (χ4n) is 4.23. The molecule has 0 radical (unpaired) electrons. The summed E-state index contributed by atoms with van der Waals surface area (Å²) in [4.78, 5) is 0. The number of nitrogens with one attached hydrogen (secondary N) is 2. The van der Waals surface area contributed by atoms with Gasteiger partial charge in [0.1, 0.15) is 0 Å². The minimum Gasteiger partial charge on any atom is -0.396 e. The van der Waals surface area contributed by atoms with Gasteiger partial charge in [0.25, 0.3) is 0 Å². The van der Waals surface area contributed by atoms with Gasteiger partial charge in [-0.15, -0.1) is 0 Å². The van der Waals surface area contributed by atoms with Gasteiger partial charge >= 0.3 is 0 Å². The van der Waals surface area contributed by atoms with Gasteiger partial charge in [-0.25, -0.2) is 0 Å². The van der Waals surface area contributed by atoms with Crippen LogP contribution in [0.2, 0.25) is 0 Å². The van der Waals surface area contributed by atoms with E-state index in [-0.39, 0.29) is 5.54 Å². The zero-order chi connectivity index (χ0) is 19.0. The van der Waals surface area contributed by atoms with Gasteiger partial charge in [0, 0.05) is 25.2 Å². The summed E-state index contributed by atoms with van der Waals surface area (Å²) in [6.07, 6.45) is 4.74. The number of rotatable bonds is 8. The van der Waals surface area contributed by atoms with Crippen LogP contribution in [-0.2, 0) is 11.3 Å². The van der Waals surface area contributed by atoms with Gasteiger partial charge in [-0.1, -0.05) is 37.3 Å². The molecule has 5 nitrogen and oxygen atoms in total. The Balaban J connectivity index is 0.000000209. The summed E-state index contributed by atoms with van der Waals surface area (Å²) in [6, 6.07) is 10.4. The molecule has 0 bridgehead atoms. The molecule has 2 aliphatic carbocycles. The summed E-state index contributed by atoms with van der Waals surface area (Å²) in [7, 11) is 3.92. The van der Waals surface area contributed by atoms with Crippen molar-refractivity contribution in [2.75, 3.05) is 33.8 Å². The number of likely N-dealkylation sites (N-methyl/N-ethyl adjacent to an activating group) is 1. The highest BCUT2D eigenvalue weighted by atomic mass is 16.5. The number of nitrogens with two attached hydrogens (primary N) is 1. The third-order valence-electron chi connectivity index (χ3n) is 5.55. The van der Waals surface area contributed by atoms with Gasteiger partial charge in [-0.3, -0.25) is 0 Å². The van der Waals surface area contributed by atoms with Crippen LogP contribution in [0.3, 0.4) is 0 Å². The Bertz CT molecular complexity index is 511. The quantitative estimate of drug-likeness (QED) is 0.567. The number of hydrogen-bond acceptors (Lipinski definition) is 5. The van der Waals surface area contributed by atoms with Crippen LogP contribution in [0.4, 0.5) is 0 Å². The smallest absolute Gasteiger partial charge is 0.0720 e. The van der Waals surface area contributed by atoms with E-state index in [9.17, 15) is 0 Å². The van der Waals surface area contributed by atoms with Crippen LogP contribution in [0, 0.1) is 11.3 Å². The maximum Gasteiger partial charge on any atom is 0.0720 e. The topological polar surface area (TPSA) is 79.5 Å². The molecule has 2 aliphatic rings. The normalized spacial score (nSPS) is 32.8. The molecule has 1 aromatic rings. The molecule has 0 aromatic heterocycles. The van der Waals surface area contributed by atoms with Gasteiger partial charge < -0.3 is 26.2 Å². The lowest BCUT2D eigenvalue weighted by molar-refractivity contribution is -0.0793. The first kappa shape index (κ1) is 21.3. The van der Waals surface area contributed by atoms with Crippen molar-refractivity contribution >= 4 is 0 Å². The maximum absolute atomic E-state index is 8.71. The summed E-state index contributed by atoms with van der Waals surface area (Å²) >= 11 is 0. The number of aliphatic hydroxyl groups is 1. The fraction of sp³-hybridized carbons (Fsp3) is 0.714. The van der Waals surface area contributed by atoms with Crippen LogP contribution in [-0.4, -0.2) is 50.5 Å². The second-order valence-electron chi connectivity index (χ2n) is 8.52. The van der Waals surface area contributed by atoms with Gasteiger partial charge in [0.05, 0.1) is 12.7 Å². The minimum absolute atomic E-state index is 0.0256. The van der Waals surface area contributed by atoms with Gasteiger partial charge in [0.2, 0.25) is 0 Å².